The Labute approximate surface area is 123 Å². The van der Waals surface area contributed by atoms with Crippen molar-refractivity contribution in [1.82, 2.24) is 0 Å². The van der Waals surface area contributed by atoms with Crippen LogP contribution >= 0.6 is 0 Å². The molecule has 0 atom stereocenters. The van der Waals surface area contributed by atoms with Gasteiger partial charge in [0.15, 0.2) is 6.20 Å². The van der Waals surface area contributed by atoms with E-state index in [1.807, 2.05) is 0 Å². The minimum Gasteiger partial charge on any atom is -1.00 e. The molecule has 0 N–H and O–H groups in total. The number of pyridine rings is 2. The van der Waals surface area contributed by atoms with Gasteiger partial charge in [-0.1, -0.05) is 24.3 Å². The minimum absolute atomic E-state index is 0. The number of hydrogen-bond acceptors (Lipinski definition) is 0. The van der Waals surface area contributed by atoms with Crippen LogP contribution < -0.4 is 16.8 Å². The van der Waals surface area contributed by atoms with Crippen LogP contribution in [0.15, 0.2) is 66.9 Å². The van der Waals surface area contributed by atoms with Crippen molar-refractivity contribution in [2.45, 2.75) is 6.92 Å². The average Bonchev–Trinajstić information content (AvgIpc) is 2.47. The first-order chi connectivity index (χ1) is 9.34. The van der Waals surface area contributed by atoms with Gasteiger partial charge in [-0.2, -0.15) is 4.40 Å². The molecule has 20 heavy (non-hydrogen) atoms. The van der Waals surface area contributed by atoms with Gasteiger partial charge < -0.3 is 12.4 Å². The van der Waals surface area contributed by atoms with Gasteiger partial charge in [-0.05, 0) is 35.9 Å². The highest BCUT2D eigenvalue weighted by atomic mass is 35.5. The summed E-state index contributed by atoms with van der Waals surface area (Å²) in [6.07, 6.45) is 2.14. The van der Waals surface area contributed by atoms with Gasteiger partial charge in [0.1, 0.15) is 0 Å². The fourth-order valence-electron chi connectivity index (χ4n) is 2.88. The van der Waals surface area contributed by atoms with E-state index < -0.39 is 0 Å². The Morgan fingerprint density at radius 2 is 1.50 bits per heavy atom. The molecule has 0 aliphatic carbocycles. The largest absolute Gasteiger partial charge is 1.00 e. The van der Waals surface area contributed by atoms with Crippen LogP contribution in [0.5, 0.6) is 0 Å². The van der Waals surface area contributed by atoms with Gasteiger partial charge in [-0.3, -0.25) is 0 Å². The lowest BCUT2D eigenvalue weighted by Crippen LogP contribution is -3.00. The van der Waals surface area contributed by atoms with Gasteiger partial charge in [0, 0.05) is 23.8 Å². The number of aromatic nitrogens is 1. The van der Waals surface area contributed by atoms with E-state index in [1.165, 1.54) is 32.8 Å². The topological polar surface area (TPSA) is 4.10 Å². The molecule has 0 aliphatic heterocycles. The van der Waals surface area contributed by atoms with Gasteiger partial charge in [0.05, 0.1) is 5.39 Å². The van der Waals surface area contributed by atoms with E-state index in [0.29, 0.717) is 0 Å². The normalized spacial score (nSPS) is 10.8. The lowest BCUT2D eigenvalue weighted by atomic mass is 10.0. The summed E-state index contributed by atoms with van der Waals surface area (Å²) in [4.78, 5) is 0. The van der Waals surface area contributed by atoms with E-state index in [9.17, 15) is 0 Å². The highest BCUT2D eigenvalue weighted by Crippen LogP contribution is 2.24. The second kappa shape index (κ2) is 4.77. The third-order valence-corrected chi connectivity index (χ3v) is 3.86. The van der Waals surface area contributed by atoms with Crippen molar-refractivity contribution < 1.29 is 16.8 Å². The summed E-state index contributed by atoms with van der Waals surface area (Å²) in [5.41, 5.74) is 3.84. The molecule has 2 heteroatoms. The fraction of sp³-hybridized carbons (Fsp3) is 0.0556. The Hall–Kier alpha value is -2.12. The molecule has 0 spiro atoms. The zero-order valence-corrected chi connectivity index (χ0v) is 11.9. The fourth-order valence-corrected chi connectivity index (χ4v) is 2.88. The Balaban J connectivity index is 0.00000121. The van der Waals surface area contributed by atoms with Crippen LogP contribution in [0.3, 0.4) is 0 Å². The Bertz CT molecular complexity index is 928. The third kappa shape index (κ3) is 1.75. The molecule has 0 radical (unpaired) electrons. The quantitative estimate of drug-likeness (QED) is 0.335. The zero-order chi connectivity index (χ0) is 12.8. The molecule has 1 nitrogen and oxygen atoms in total. The second-order valence-corrected chi connectivity index (χ2v) is 5.00. The van der Waals surface area contributed by atoms with Crippen molar-refractivity contribution in [3.05, 3.63) is 72.4 Å². The molecule has 0 fully saturated rings. The molecule has 0 unspecified atom stereocenters. The molecule has 0 aliphatic rings. The van der Waals surface area contributed by atoms with E-state index in [2.05, 4.69) is 78.2 Å². The second-order valence-electron chi connectivity index (χ2n) is 5.00. The van der Waals surface area contributed by atoms with E-state index in [1.54, 1.807) is 0 Å². The Morgan fingerprint density at radius 3 is 2.40 bits per heavy atom. The first kappa shape index (κ1) is 12.9. The minimum atomic E-state index is 0. The van der Waals surface area contributed by atoms with Gasteiger partial charge in [-0.15, -0.1) is 0 Å². The molecule has 2 aromatic heterocycles. The number of halogens is 1. The molecule has 0 saturated carbocycles. The van der Waals surface area contributed by atoms with Crippen molar-refractivity contribution in [2.24, 2.45) is 0 Å². The zero-order valence-electron chi connectivity index (χ0n) is 11.2. The predicted octanol–water partition coefficient (Wildman–Crippen LogP) is 1.04. The van der Waals surface area contributed by atoms with E-state index in [4.69, 9.17) is 0 Å². The number of aryl methyl sites for hydroxylation is 1. The smallest absolute Gasteiger partial charge is 0.219 e. The number of benzene rings is 2. The van der Waals surface area contributed by atoms with Gasteiger partial charge >= 0.3 is 0 Å². The molecular formula is C18H14ClN. The van der Waals surface area contributed by atoms with Crippen LogP contribution in [0.1, 0.15) is 5.56 Å². The van der Waals surface area contributed by atoms with Crippen molar-refractivity contribution in [3.63, 3.8) is 0 Å². The van der Waals surface area contributed by atoms with Crippen molar-refractivity contribution >= 4 is 27.2 Å². The molecule has 98 valence electrons. The SMILES string of the molecule is Cc1ccc[n+]2c1ccc1c3ccccc3ccc12.[Cl-]. The summed E-state index contributed by atoms with van der Waals surface area (Å²) in [6.45, 7) is 2.15. The maximum absolute atomic E-state index is 2.27. The third-order valence-electron chi connectivity index (χ3n) is 3.86. The van der Waals surface area contributed by atoms with Crippen molar-refractivity contribution in [3.8, 4) is 0 Å². The van der Waals surface area contributed by atoms with Crippen LogP contribution in [-0.4, -0.2) is 0 Å². The molecule has 2 aromatic carbocycles. The summed E-state index contributed by atoms with van der Waals surface area (Å²) >= 11 is 0. The van der Waals surface area contributed by atoms with E-state index in [-0.39, 0.29) is 12.4 Å². The van der Waals surface area contributed by atoms with Gasteiger partial charge in [0.25, 0.3) is 0 Å². The van der Waals surface area contributed by atoms with Crippen LogP contribution in [-0.2, 0) is 0 Å². The monoisotopic (exact) mass is 279 g/mol. The lowest BCUT2D eigenvalue weighted by molar-refractivity contribution is -0.481. The molecule has 4 rings (SSSR count). The van der Waals surface area contributed by atoms with Crippen LogP contribution in [0.4, 0.5) is 0 Å². The molecule has 2 heterocycles. The average molecular weight is 280 g/mol. The van der Waals surface area contributed by atoms with Gasteiger partial charge in [-0.25, -0.2) is 0 Å². The summed E-state index contributed by atoms with van der Waals surface area (Å²) in [6, 6.07) is 21.7. The maximum Gasteiger partial charge on any atom is 0.219 e. The summed E-state index contributed by atoms with van der Waals surface area (Å²) in [5, 5.41) is 3.92. The predicted molar refractivity (Wildman–Crippen MR) is 79.4 cm³/mol. The first-order valence-corrected chi connectivity index (χ1v) is 6.56. The van der Waals surface area contributed by atoms with E-state index >= 15 is 0 Å². The molecular weight excluding hydrogens is 266 g/mol. The van der Waals surface area contributed by atoms with Gasteiger partial charge in [0.2, 0.25) is 11.0 Å². The summed E-state index contributed by atoms with van der Waals surface area (Å²) < 4.78 is 2.27. The summed E-state index contributed by atoms with van der Waals surface area (Å²) in [5.74, 6) is 0. The lowest BCUT2D eigenvalue weighted by Gasteiger charge is -2.03. The molecule has 0 amide bonds. The maximum atomic E-state index is 2.27. The highest BCUT2D eigenvalue weighted by molar-refractivity contribution is 6.05. The summed E-state index contributed by atoms with van der Waals surface area (Å²) in [7, 11) is 0. The van der Waals surface area contributed by atoms with Crippen LogP contribution in [0.2, 0.25) is 0 Å². The Morgan fingerprint density at radius 1 is 0.700 bits per heavy atom. The number of fused-ring (bicyclic) bond motifs is 5. The molecule has 4 aromatic rings. The molecule has 0 bridgehead atoms. The Kier molecular flexibility index (Phi) is 3.07. The van der Waals surface area contributed by atoms with Crippen molar-refractivity contribution in [2.75, 3.05) is 0 Å². The highest BCUT2D eigenvalue weighted by Gasteiger charge is 2.11. The van der Waals surface area contributed by atoms with Crippen molar-refractivity contribution in [1.29, 1.82) is 0 Å². The first-order valence-electron chi connectivity index (χ1n) is 6.56. The number of rotatable bonds is 0. The number of hydrogen-bond donors (Lipinski definition) is 0. The van der Waals surface area contributed by atoms with E-state index in [0.717, 1.165) is 0 Å². The number of nitrogens with zero attached hydrogens (tertiary/aromatic N) is 1. The standard InChI is InChI=1S/C18H14N.ClH/c1-13-5-4-12-19-17(13)11-9-16-15-7-3-2-6-14(15)8-10-18(16)19;/h2-12H,1H3;1H/q+1;/p-1. The van der Waals surface area contributed by atoms with Crippen LogP contribution in [0, 0.1) is 6.92 Å². The van der Waals surface area contributed by atoms with Crippen LogP contribution in [0.25, 0.3) is 27.2 Å². The molecule has 0 saturated heterocycles.